The third-order valence-electron chi connectivity index (χ3n) is 2.59. The summed E-state index contributed by atoms with van der Waals surface area (Å²) in [6, 6.07) is 5.86. The zero-order chi connectivity index (χ0) is 15.4. The van der Waals surface area contributed by atoms with Crippen molar-refractivity contribution in [1.29, 1.82) is 0 Å². The highest BCUT2D eigenvalue weighted by molar-refractivity contribution is 5.86. The summed E-state index contributed by atoms with van der Waals surface area (Å²) in [6.07, 6.45) is 1.31. The molecule has 0 saturated heterocycles. The molecule has 0 saturated carbocycles. The number of carboxylic acid groups (broad SMARTS) is 1. The van der Waals surface area contributed by atoms with Crippen molar-refractivity contribution in [2.75, 3.05) is 0 Å². The van der Waals surface area contributed by atoms with Crippen LogP contribution < -0.4 is 4.74 Å². The molecule has 0 unspecified atom stereocenters. The molecular formula is C13H9FN2O5. The first kappa shape index (κ1) is 14.4. The van der Waals surface area contributed by atoms with Crippen LogP contribution in [0.5, 0.6) is 5.75 Å². The number of hydrogen-bond acceptors (Lipinski definition) is 5. The van der Waals surface area contributed by atoms with Crippen LogP contribution in [-0.4, -0.2) is 21.0 Å². The number of halogens is 1. The average molecular weight is 292 g/mol. The van der Waals surface area contributed by atoms with Gasteiger partial charge < -0.3 is 9.84 Å². The summed E-state index contributed by atoms with van der Waals surface area (Å²) in [4.78, 5) is 24.7. The van der Waals surface area contributed by atoms with E-state index >= 15 is 0 Å². The van der Waals surface area contributed by atoms with Crippen molar-refractivity contribution in [3.05, 3.63) is 63.7 Å². The second-order valence-corrected chi connectivity index (χ2v) is 3.97. The Balaban J connectivity index is 2.25. The van der Waals surface area contributed by atoms with E-state index in [1.54, 1.807) is 0 Å². The number of ether oxygens (including phenoxy) is 1. The largest absolute Gasteiger partial charge is 0.482 e. The molecule has 0 amide bonds. The summed E-state index contributed by atoms with van der Waals surface area (Å²) < 4.78 is 18.2. The van der Waals surface area contributed by atoms with E-state index < -0.39 is 22.4 Å². The van der Waals surface area contributed by atoms with Gasteiger partial charge in [0.15, 0.2) is 11.4 Å². The van der Waals surface area contributed by atoms with Crippen LogP contribution in [-0.2, 0) is 6.61 Å². The summed E-state index contributed by atoms with van der Waals surface area (Å²) in [6.45, 7) is -0.234. The Morgan fingerprint density at radius 2 is 2.19 bits per heavy atom. The normalized spacial score (nSPS) is 10.1. The van der Waals surface area contributed by atoms with Crippen LogP contribution >= 0.6 is 0 Å². The third kappa shape index (κ3) is 3.30. The first-order valence-corrected chi connectivity index (χ1v) is 5.73. The van der Waals surface area contributed by atoms with Gasteiger partial charge in [0, 0.05) is 11.8 Å². The molecule has 1 aromatic heterocycles. The molecule has 0 radical (unpaired) electrons. The molecular weight excluding hydrogens is 283 g/mol. The number of rotatable bonds is 5. The van der Waals surface area contributed by atoms with Gasteiger partial charge in [0.2, 0.25) is 0 Å². The molecule has 7 nitrogen and oxygen atoms in total. The first-order valence-electron chi connectivity index (χ1n) is 5.73. The van der Waals surface area contributed by atoms with E-state index in [-0.39, 0.29) is 23.6 Å². The molecule has 0 fully saturated rings. The number of hydrogen-bond donors (Lipinski definition) is 1. The van der Waals surface area contributed by atoms with Gasteiger partial charge in [-0.1, -0.05) is 6.07 Å². The maximum atomic E-state index is 13.0. The molecule has 108 valence electrons. The molecule has 1 heterocycles. The number of aromatic nitrogens is 1. The van der Waals surface area contributed by atoms with E-state index in [1.807, 2.05) is 0 Å². The summed E-state index contributed by atoms with van der Waals surface area (Å²) in [5.41, 5.74) is -0.485. The SMILES string of the molecule is O=C(O)c1ncccc1COc1ccc(F)cc1[N+](=O)[O-]. The highest BCUT2D eigenvalue weighted by Gasteiger charge is 2.18. The van der Waals surface area contributed by atoms with E-state index in [9.17, 15) is 19.3 Å². The van der Waals surface area contributed by atoms with Crippen LogP contribution in [0.2, 0.25) is 0 Å². The van der Waals surface area contributed by atoms with Crippen molar-refractivity contribution in [2.24, 2.45) is 0 Å². The number of aromatic carboxylic acids is 1. The molecule has 0 aliphatic carbocycles. The van der Waals surface area contributed by atoms with Gasteiger partial charge in [-0.15, -0.1) is 0 Å². The molecule has 21 heavy (non-hydrogen) atoms. The number of nitro benzene ring substituents is 1. The zero-order valence-corrected chi connectivity index (χ0v) is 10.5. The predicted octanol–water partition coefficient (Wildman–Crippen LogP) is 2.41. The quantitative estimate of drug-likeness (QED) is 0.670. The fourth-order valence-corrected chi connectivity index (χ4v) is 1.66. The van der Waals surface area contributed by atoms with Crippen molar-refractivity contribution in [3.63, 3.8) is 0 Å². The molecule has 8 heteroatoms. The average Bonchev–Trinajstić information content (AvgIpc) is 2.46. The molecule has 1 aromatic carbocycles. The second-order valence-electron chi connectivity index (χ2n) is 3.97. The Hall–Kier alpha value is -3.03. The molecule has 0 aliphatic heterocycles. The molecule has 1 N–H and O–H groups in total. The second kappa shape index (κ2) is 5.95. The van der Waals surface area contributed by atoms with Crippen molar-refractivity contribution in [2.45, 2.75) is 6.61 Å². The topological polar surface area (TPSA) is 103 Å². The molecule has 2 rings (SSSR count). The molecule has 0 aliphatic rings. The molecule has 0 spiro atoms. The lowest BCUT2D eigenvalue weighted by molar-refractivity contribution is -0.386. The van der Waals surface area contributed by atoms with Gasteiger partial charge in [-0.2, -0.15) is 0 Å². The van der Waals surface area contributed by atoms with Gasteiger partial charge in [-0.05, 0) is 18.2 Å². The Bertz CT molecular complexity index is 705. The van der Waals surface area contributed by atoms with E-state index in [2.05, 4.69) is 4.98 Å². The van der Waals surface area contributed by atoms with Crippen molar-refractivity contribution >= 4 is 11.7 Å². The smallest absolute Gasteiger partial charge is 0.354 e. The minimum atomic E-state index is -1.23. The Labute approximate surface area is 117 Å². The van der Waals surface area contributed by atoms with Crippen LogP contribution in [0.15, 0.2) is 36.5 Å². The monoisotopic (exact) mass is 292 g/mol. The van der Waals surface area contributed by atoms with E-state index in [0.717, 1.165) is 18.2 Å². The van der Waals surface area contributed by atoms with Gasteiger partial charge in [0.25, 0.3) is 0 Å². The summed E-state index contributed by atoms with van der Waals surface area (Å²) in [7, 11) is 0. The third-order valence-corrected chi connectivity index (χ3v) is 2.59. The lowest BCUT2D eigenvalue weighted by Crippen LogP contribution is -2.08. The highest BCUT2D eigenvalue weighted by atomic mass is 19.1. The van der Waals surface area contributed by atoms with Gasteiger partial charge in [0.1, 0.15) is 12.4 Å². The van der Waals surface area contributed by atoms with Crippen molar-refractivity contribution in [3.8, 4) is 5.75 Å². The standard InChI is InChI=1S/C13H9FN2O5/c14-9-3-4-11(10(6-9)16(19)20)21-7-8-2-1-5-15-12(8)13(17)18/h1-6H,7H2,(H,17,18). The minimum Gasteiger partial charge on any atom is -0.482 e. The summed E-state index contributed by atoms with van der Waals surface area (Å²) >= 11 is 0. The minimum absolute atomic E-state index is 0.151. The molecule has 0 bridgehead atoms. The summed E-state index contributed by atoms with van der Waals surface area (Å²) in [5, 5.41) is 19.8. The van der Waals surface area contributed by atoms with Crippen LogP contribution in [0.25, 0.3) is 0 Å². The van der Waals surface area contributed by atoms with Gasteiger partial charge in [-0.25, -0.2) is 14.2 Å². The van der Waals surface area contributed by atoms with Crippen LogP contribution in [0, 0.1) is 15.9 Å². The van der Waals surface area contributed by atoms with Crippen LogP contribution in [0.1, 0.15) is 16.1 Å². The number of carboxylic acids is 1. The number of nitrogens with zero attached hydrogens (tertiary/aromatic N) is 2. The zero-order valence-electron chi connectivity index (χ0n) is 10.5. The van der Waals surface area contributed by atoms with E-state index in [0.29, 0.717) is 0 Å². The number of pyridine rings is 1. The first-order chi connectivity index (χ1) is 9.99. The fraction of sp³-hybridized carbons (Fsp3) is 0.0769. The highest BCUT2D eigenvalue weighted by Crippen LogP contribution is 2.28. The Morgan fingerprint density at radius 1 is 1.43 bits per heavy atom. The number of benzene rings is 1. The van der Waals surface area contributed by atoms with Crippen molar-refractivity contribution < 1.29 is 24.0 Å². The predicted molar refractivity (Wildman–Crippen MR) is 68.6 cm³/mol. The number of nitro groups is 1. The lowest BCUT2D eigenvalue weighted by Gasteiger charge is -2.08. The van der Waals surface area contributed by atoms with Gasteiger partial charge >= 0.3 is 11.7 Å². The Kier molecular flexibility index (Phi) is 4.07. The number of carbonyl (C=O) groups is 1. The van der Waals surface area contributed by atoms with Gasteiger partial charge in [0.05, 0.1) is 11.0 Å². The van der Waals surface area contributed by atoms with Gasteiger partial charge in [-0.3, -0.25) is 10.1 Å². The lowest BCUT2D eigenvalue weighted by atomic mass is 10.2. The summed E-state index contributed by atoms with van der Waals surface area (Å²) in [5.74, 6) is -2.15. The van der Waals surface area contributed by atoms with E-state index in [4.69, 9.17) is 9.84 Å². The molecule has 0 atom stereocenters. The molecule has 2 aromatic rings. The van der Waals surface area contributed by atoms with Crippen molar-refractivity contribution in [1.82, 2.24) is 4.98 Å². The van der Waals surface area contributed by atoms with Crippen LogP contribution in [0.3, 0.4) is 0 Å². The Morgan fingerprint density at radius 3 is 2.86 bits per heavy atom. The maximum Gasteiger partial charge on any atom is 0.354 e. The van der Waals surface area contributed by atoms with E-state index in [1.165, 1.54) is 18.3 Å². The maximum absolute atomic E-state index is 13.0. The van der Waals surface area contributed by atoms with Crippen LogP contribution in [0.4, 0.5) is 10.1 Å². The fourth-order valence-electron chi connectivity index (χ4n) is 1.66.